The minimum atomic E-state index is -0.629. The monoisotopic (exact) mass is 307 g/mol. The predicted octanol–water partition coefficient (Wildman–Crippen LogP) is 1.65. The van der Waals surface area contributed by atoms with Gasteiger partial charge in [-0.25, -0.2) is 4.79 Å². The number of benzene rings is 1. The standard InChI is InChI=1S/C14H14ClN3O3/c1-21-14(20)11-4-2-3-5-12(11)18-13(19)10(8-16)9-17-7-6-15/h2-5,9,17H,6-7H2,1H3,(H,18,19)/b10-9-. The van der Waals surface area contributed by atoms with Crippen molar-refractivity contribution in [2.45, 2.75) is 0 Å². The number of carbonyl (C=O) groups is 2. The Morgan fingerprint density at radius 2 is 2.14 bits per heavy atom. The van der Waals surface area contributed by atoms with Crippen molar-refractivity contribution in [3.8, 4) is 6.07 Å². The van der Waals surface area contributed by atoms with E-state index in [1.54, 1.807) is 24.3 Å². The van der Waals surface area contributed by atoms with E-state index in [1.165, 1.54) is 19.4 Å². The van der Waals surface area contributed by atoms with E-state index in [9.17, 15) is 9.59 Å². The summed E-state index contributed by atoms with van der Waals surface area (Å²) in [5, 5.41) is 14.2. The highest BCUT2D eigenvalue weighted by Crippen LogP contribution is 2.16. The molecule has 110 valence electrons. The Bertz CT molecular complexity index is 593. The van der Waals surface area contributed by atoms with Crippen molar-refractivity contribution >= 4 is 29.2 Å². The molecule has 0 saturated heterocycles. The molecule has 0 fully saturated rings. The summed E-state index contributed by atoms with van der Waals surface area (Å²) in [6.07, 6.45) is 1.28. The third-order valence-corrected chi connectivity index (χ3v) is 2.62. The summed E-state index contributed by atoms with van der Waals surface area (Å²) in [5.74, 6) is -0.855. The van der Waals surface area contributed by atoms with E-state index in [4.69, 9.17) is 16.9 Å². The maximum atomic E-state index is 12.0. The molecule has 0 atom stereocenters. The summed E-state index contributed by atoms with van der Waals surface area (Å²) in [7, 11) is 1.25. The zero-order valence-electron chi connectivity index (χ0n) is 11.4. The van der Waals surface area contributed by atoms with Crippen LogP contribution in [0.5, 0.6) is 0 Å². The summed E-state index contributed by atoms with van der Waals surface area (Å²) in [6, 6.07) is 8.13. The van der Waals surface area contributed by atoms with Gasteiger partial charge in [0.05, 0.1) is 18.4 Å². The van der Waals surface area contributed by atoms with Gasteiger partial charge in [0.25, 0.3) is 5.91 Å². The van der Waals surface area contributed by atoms with E-state index in [0.717, 1.165) is 0 Å². The van der Waals surface area contributed by atoms with E-state index in [2.05, 4.69) is 15.4 Å². The molecule has 1 aromatic carbocycles. The molecule has 21 heavy (non-hydrogen) atoms. The second-order valence-corrected chi connectivity index (χ2v) is 4.18. The maximum absolute atomic E-state index is 12.0. The number of rotatable bonds is 6. The Labute approximate surface area is 127 Å². The normalized spacial score (nSPS) is 10.4. The van der Waals surface area contributed by atoms with Crippen LogP contribution in [0.1, 0.15) is 10.4 Å². The molecular formula is C14H14ClN3O3. The third kappa shape index (κ3) is 4.82. The summed E-state index contributed by atoms with van der Waals surface area (Å²) < 4.78 is 4.63. The van der Waals surface area contributed by atoms with Crippen LogP contribution in [0.15, 0.2) is 36.0 Å². The Morgan fingerprint density at radius 3 is 2.76 bits per heavy atom. The van der Waals surface area contributed by atoms with Crippen LogP contribution in [0, 0.1) is 11.3 Å². The number of amides is 1. The van der Waals surface area contributed by atoms with Gasteiger partial charge in [0, 0.05) is 18.6 Å². The van der Waals surface area contributed by atoms with Crippen LogP contribution in [-0.2, 0) is 9.53 Å². The van der Waals surface area contributed by atoms with Crippen molar-refractivity contribution in [1.29, 1.82) is 5.26 Å². The number of nitrogens with zero attached hydrogens (tertiary/aromatic N) is 1. The number of esters is 1. The Hall–Kier alpha value is -2.52. The van der Waals surface area contributed by atoms with Crippen LogP contribution in [0.2, 0.25) is 0 Å². The molecule has 0 aliphatic rings. The number of alkyl halides is 1. The molecular weight excluding hydrogens is 294 g/mol. The molecule has 0 spiro atoms. The number of carbonyl (C=O) groups excluding carboxylic acids is 2. The smallest absolute Gasteiger partial charge is 0.339 e. The minimum absolute atomic E-state index is 0.125. The van der Waals surface area contributed by atoms with E-state index in [0.29, 0.717) is 12.4 Å². The van der Waals surface area contributed by atoms with E-state index >= 15 is 0 Å². The van der Waals surface area contributed by atoms with Crippen molar-refractivity contribution in [2.24, 2.45) is 0 Å². The fourth-order valence-corrected chi connectivity index (χ4v) is 1.56. The van der Waals surface area contributed by atoms with E-state index in [1.807, 2.05) is 0 Å². The van der Waals surface area contributed by atoms with Gasteiger partial charge >= 0.3 is 5.97 Å². The number of ether oxygens (including phenoxy) is 1. The largest absolute Gasteiger partial charge is 0.465 e. The van der Waals surface area contributed by atoms with Gasteiger partial charge in [-0.3, -0.25) is 4.79 Å². The van der Waals surface area contributed by atoms with Gasteiger partial charge in [-0.05, 0) is 12.1 Å². The first kappa shape index (κ1) is 16.5. The zero-order chi connectivity index (χ0) is 15.7. The predicted molar refractivity (Wildman–Crippen MR) is 78.8 cm³/mol. The van der Waals surface area contributed by atoms with Crippen molar-refractivity contribution < 1.29 is 14.3 Å². The lowest BCUT2D eigenvalue weighted by molar-refractivity contribution is -0.112. The zero-order valence-corrected chi connectivity index (χ0v) is 12.1. The van der Waals surface area contributed by atoms with Crippen LogP contribution in [0.4, 0.5) is 5.69 Å². The first-order valence-corrected chi connectivity index (χ1v) is 6.55. The van der Waals surface area contributed by atoms with Crippen molar-refractivity contribution in [2.75, 3.05) is 24.9 Å². The van der Waals surface area contributed by atoms with Crippen molar-refractivity contribution in [1.82, 2.24) is 5.32 Å². The van der Waals surface area contributed by atoms with Crippen LogP contribution in [-0.4, -0.2) is 31.4 Å². The molecule has 0 aromatic heterocycles. The number of nitriles is 1. The fourth-order valence-electron chi connectivity index (χ4n) is 1.45. The van der Waals surface area contributed by atoms with Crippen molar-refractivity contribution in [3.05, 3.63) is 41.6 Å². The van der Waals surface area contributed by atoms with Crippen LogP contribution >= 0.6 is 11.6 Å². The molecule has 0 saturated carbocycles. The highest BCUT2D eigenvalue weighted by molar-refractivity contribution is 6.18. The van der Waals surface area contributed by atoms with E-state index in [-0.39, 0.29) is 16.8 Å². The molecule has 0 bridgehead atoms. The molecule has 0 unspecified atom stereocenters. The molecule has 1 rings (SSSR count). The number of para-hydroxylation sites is 1. The molecule has 0 radical (unpaired) electrons. The number of halogens is 1. The van der Waals surface area contributed by atoms with Gasteiger partial charge in [-0.2, -0.15) is 5.26 Å². The lowest BCUT2D eigenvalue weighted by Crippen LogP contribution is -2.19. The lowest BCUT2D eigenvalue weighted by atomic mass is 10.1. The molecule has 6 nitrogen and oxygen atoms in total. The quantitative estimate of drug-likeness (QED) is 0.274. The van der Waals surface area contributed by atoms with E-state index < -0.39 is 11.9 Å². The molecule has 0 aliphatic carbocycles. The van der Waals surface area contributed by atoms with Gasteiger partial charge in [-0.15, -0.1) is 11.6 Å². The second kappa shape index (κ2) is 8.61. The Balaban J connectivity index is 2.90. The van der Waals surface area contributed by atoms with Crippen LogP contribution < -0.4 is 10.6 Å². The van der Waals surface area contributed by atoms with Gasteiger partial charge < -0.3 is 15.4 Å². The van der Waals surface area contributed by atoms with Crippen molar-refractivity contribution in [3.63, 3.8) is 0 Å². The number of nitrogens with one attached hydrogen (secondary N) is 2. The summed E-state index contributed by atoms with van der Waals surface area (Å²) in [4.78, 5) is 23.6. The number of anilines is 1. The number of hydrogen-bond donors (Lipinski definition) is 2. The molecule has 0 aliphatic heterocycles. The average molecular weight is 308 g/mol. The molecule has 7 heteroatoms. The fraction of sp³-hybridized carbons (Fsp3) is 0.214. The molecule has 1 amide bonds. The lowest BCUT2D eigenvalue weighted by Gasteiger charge is -2.09. The van der Waals surface area contributed by atoms with Crippen LogP contribution in [0.25, 0.3) is 0 Å². The van der Waals surface area contributed by atoms with Gasteiger partial charge in [-0.1, -0.05) is 12.1 Å². The number of hydrogen-bond acceptors (Lipinski definition) is 5. The summed E-state index contributed by atoms with van der Waals surface area (Å²) in [5.41, 5.74) is 0.354. The minimum Gasteiger partial charge on any atom is -0.465 e. The Kier molecular flexibility index (Phi) is 6.78. The van der Waals surface area contributed by atoms with Gasteiger partial charge in [0.2, 0.25) is 0 Å². The SMILES string of the molecule is COC(=O)c1ccccc1NC(=O)/C(C#N)=C\NCCCl. The van der Waals surface area contributed by atoms with Gasteiger partial charge in [0.15, 0.2) is 0 Å². The first-order chi connectivity index (χ1) is 10.1. The number of methoxy groups -OCH3 is 1. The summed E-state index contributed by atoms with van der Waals surface area (Å²) >= 11 is 5.48. The van der Waals surface area contributed by atoms with Crippen LogP contribution in [0.3, 0.4) is 0 Å². The molecule has 2 N–H and O–H groups in total. The highest BCUT2D eigenvalue weighted by atomic mass is 35.5. The second-order valence-electron chi connectivity index (χ2n) is 3.80. The average Bonchev–Trinajstić information content (AvgIpc) is 2.51. The summed E-state index contributed by atoms with van der Waals surface area (Å²) in [6.45, 7) is 0.429. The third-order valence-electron chi connectivity index (χ3n) is 2.43. The first-order valence-electron chi connectivity index (χ1n) is 6.02. The molecule has 1 aromatic rings. The molecule has 0 heterocycles. The topological polar surface area (TPSA) is 91.2 Å². The highest BCUT2D eigenvalue weighted by Gasteiger charge is 2.15. The Morgan fingerprint density at radius 1 is 1.43 bits per heavy atom. The maximum Gasteiger partial charge on any atom is 0.339 e. The van der Waals surface area contributed by atoms with Gasteiger partial charge in [0.1, 0.15) is 11.6 Å².